The summed E-state index contributed by atoms with van der Waals surface area (Å²) in [5, 5.41) is 3.36. The number of carbonyl (C=O) groups excluding carboxylic acids is 2. The Morgan fingerprint density at radius 3 is 2.55 bits per heavy atom. The first-order valence-corrected chi connectivity index (χ1v) is 11.2. The van der Waals surface area contributed by atoms with Crippen LogP contribution in [-0.4, -0.2) is 49.5 Å². The number of hydrogen-bond acceptors (Lipinski definition) is 5. The molecule has 2 heterocycles. The summed E-state index contributed by atoms with van der Waals surface area (Å²) in [6.45, 7) is 6.34. The fourth-order valence-corrected chi connectivity index (χ4v) is 4.07. The highest BCUT2D eigenvalue weighted by Gasteiger charge is 2.24. The molecule has 7 nitrogen and oxygen atoms in total. The van der Waals surface area contributed by atoms with E-state index in [-0.39, 0.29) is 18.4 Å². The maximum absolute atomic E-state index is 12.4. The molecular weight excluding hydrogens is 442 g/mol. The number of carbonyl (C=O) groups is 2. The average Bonchev–Trinajstić information content (AvgIpc) is 3.35. The molecule has 4 rings (SSSR count). The van der Waals surface area contributed by atoms with Gasteiger partial charge in [0.2, 0.25) is 0 Å². The number of ether oxygens (including phenoxy) is 1. The van der Waals surface area contributed by atoms with Crippen molar-refractivity contribution in [1.82, 2.24) is 4.90 Å². The van der Waals surface area contributed by atoms with E-state index >= 15 is 0 Å². The number of benzene rings is 2. The summed E-state index contributed by atoms with van der Waals surface area (Å²) in [6, 6.07) is 14.6. The van der Waals surface area contributed by atoms with Gasteiger partial charge in [-0.2, -0.15) is 0 Å². The Kier molecular flexibility index (Phi) is 6.89. The third-order valence-electron chi connectivity index (χ3n) is 5.78. The van der Waals surface area contributed by atoms with Gasteiger partial charge in [-0.25, -0.2) is 0 Å². The van der Waals surface area contributed by atoms with E-state index in [4.69, 9.17) is 20.8 Å². The second kappa shape index (κ2) is 10.0. The molecule has 0 radical (unpaired) electrons. The van der Waals surface area contributed by atoms with Crippen molar-refractivity contribution in [3.63, 3.8) is 0 Å². The predicted molar refractivity (Wildman–Crippen MR) is 128 cm³/mol. The van der Waals surface area contributed by atoms with Crippen LogP contribution in [0.1, 0.15) is 21.7 Å². The van der Waals surface area contributed by atoms with Crippen LogP contribution in [0.5, 0.6) is 5.75 Å². The van der Waals surface area contributed by atoms with Crippen molar-refractivity contribution in [2.75, 3.05) is 43.0 Å². The summed E-state index contributed by atoms with van der Waals surface area (Å²) in [6.07, 6.45) is 1.50. The Labute approximate surface area is 197 Å². The van der Waals surface area contributed by atoms with Gasteiger partial charge in [-0.15, -0.1) is 0 Å². The number of anilines is 2. The van der Waals surface area contributed by atoms with Gasteiger partial charge in [-0.05, 0) is 61.4 Å². The Hall–Kier alpha value is -3.45. The van der Waals surface area contributed by atoms with Gasteiger partial charge >= 0.3 is 0 Å². The van der Waals surface area contributed by atoms with Gasteiger partial charge in [0, 0.05) is 31.9 Å². The molecule has 0 bridgehead atoms. The number of aryl methyl sites for hydroxylation is 1. The number of halogens is 1. The number of nitrogens with zero attached hydrogens (tertiary/aromatic N) is 2. The van der Waals surface area contributed by atoms with Gasteiger partial charge in [0.15, 0.2) is 12.4 Å². The van der Waals surface area contributed by atoms with Crippen LogP contribution >= 0.6 is 11.6 Å². The maximum Gasteiger partial charge on any atom is 0.289 e. The van der Waals surface area contributed by atoms with Gasteiger partial charge in [0.1, 0.15) is 5.75 Å². The van der Waals surface area contributed by atoms with Gasteiger partial charge < -0.3 is 24.3 Å². The predicted octanol–water partition coefficient (Wildman–Crippen LogP) is 4.53. The summed E-state index contributed by atoms with van der Waals surface area (Å²) in [5.74, 6) is 0.683. The number of furan rings is 1. The van der Waals surface area contributed by atoms with Crippen molar-refractivity contribution in [2.24, 2.45) is 0 Å². The van der Waals surface area contributed by atoms with Crippen LogP contribution in [0.4, 0.5) is 11.4 Å². The van der Waals surface area contributed by atoms with Crippen LogP contribution in [0.3, 0.4) is 0 Å². The second-order valence-electron chi connectivity index (χ2n) is 7.96. The Morgan fingerprint density at radius 2 is 1.85 bits per heavy atom. The molecule has 1 N–H and O–H groups in total. The van der Waals surface area contributed by atoms with Crippen molar-refractivity contribution in [3.05, 3.63) is 76.7 Å². The average molecular weight is 468 g/mol. The van der Waals surface area contributed by atoms with Crippen LogP contribution in [0.15, 0.2) is 59.2 Å². The molecule has 1 fully saturated rings. The largest absolute Gasteiger partial charge is 0.483 e. The van der Waals surface area contributed by atoms with E-state index < -0.39 is 0 Å². The van der Waals surface area contributed by atoms with Crippen molar-refractivity contribution in [3.8, 4) is 5.75 Å². The van der Waals surface area contributed by atoms with Gasteiger partial charge in [0.25, 0.3) is 11.8 Å². The van der Waals surface area contributed by atoms with E-state index in [1.165, 1.54) is 6.26 Å². The zero-order chi connectivity index (χ0) is 23.4. The van der Waals surface area contributed by atoms with Crippen LogP contribution in [0.2, 0.25) is 5.02 Å². The number of hydrogen-bond donors (Lipinski definition) is 1. The van der Waals surface area contributed by atoms with Crippen molar-refractivity contribution in [1.29, 1.82) is 0 Å². The molecule has 0 aliphatic carbocycles. The molecule has 8 heteroatoms. The molecule has 1 aromatic heterocycles. The SMILES string of the molecule is Cc1cccc(OCC(=O)Nc2ccc(N3CCN(C(=O)c4ccco4)CC3)c(Cl)c2)c1C. The number of nitrogens with one attached hydrogen (secondary N) is 1. The molecule has 1 aliphatic heterocycles. The maximum atomic E-state index is 12.4. The van der Waals surface area contributed by atoms with E-state index in [2.05, 4.69) is 10.2 Å². The zero-order valence-electron chi connectivity index (χ0n) is 18.6. The lowest BCUT2D eigenvalue weighted by molar-refractivity contribution is -0.118. The van der Waals surface area contributed by atoms with Crippen LogP contribution in [0.25, 0.3) is 0 Å². The lowest BCUT2D eigenvalue weighted by Gasteiger charge is -2.36. The second-order valence-corrected chi connectivity index (χ2v) is 8.36. The van der Waals surface area contributed by atoms with E-state index in [0.717, 1.165) is 16.8 Å². The molecule has 2 aromatic carbocycles. The normalized spacial score (nSPS) is 13.7. The first kappa shape index (κ1) is 22.7. The smallest absolute Gasteiger partial charge is 0.289 e. The fourth-order valence-electron chi connectivity index (χ4n) is 3.77. The lowest BCUT2D eigenvalue weighted by atomic mass is 10.1. The fraction of sp³-hybridized carbons (Fsp3) is 0.280. The Balaban J connectivity index is 1.31. The van der Waals surface area contributed by atoms with Gasteiger partial charge in [0.05, 0.1) is 17.0 Å². The van der Waals surface area contributed by atoms with E-state index in [1.54, 1.807) is 23.1 Å². The van der Waals surface area contributed by atoms with Crippen molar-refractivity contribution in [2.45, 2.75) is 13.8 Å². The third-order valence-corrected chi connectivity index (χ3v) is 6.09. The van der Waals surface area contributed by atoms with Crippen LogP contribution < -0.4 is 15.0 Å². The molecular formula is C25H26ClN3O4. The molecule has 1 saturated heterocycles. The topological polar surface area (TPSA) is 75.0 Å². The minimum absolute atomic E-state index is 0.0880. The molecule has 2 amide bonds. The Morgan fingerprint density at radius 1 is 1.06 bits per heavy atom. The molecule has 0 unspecified atom stereocenters. The molecule has 0 atom stereocenters. The van der Waals surface area contributed by atoms with Crippen LogP contribution in [0, 0.1) is 13.8 Å². The van der Waals surface area contributed by atoms with Crippen LogP contribution in [-0.2, 0) is 4.79 Å². The zero-order valence-corrected chi connectivity index (χ0v) is 19.4. The van der Waals surface area contributed by atoms with E-state index in [9.17, 15) is 9.59 Å². The van der Waals surface area contributed by atoms with E-state index in [1.807, 2.05) is 44.2 Å². The molecule has 3 aromatic rings. The summed E-state index contributed by atoms with van der Waals surface area (Å²) in [4.78, 5) is 28.7. The van der Waals surface area contributed by atoms with E-state index in [0.29, 0.717) is 48.4 Å². The number of piperazine rings is 1. The molecule has 172 valence electrons. The minimum atomic E-state index is -0.259. The van der Waals surface area contributed by atoms with Gasteiger partial charge in [-0.1, -0.05) is 23.7 Å². The minimum Gasteiger partial charge on any atom is -0.483 e. The summed E-state index contributed by atoms with van der Waals surface area (Å²) in [7, 11) is 0. The molecule has 0 saturated carbocycles. The Bertz CT molecular complexity index is 1140. The summed E-state index contributed by atoms with van der Waals surface area (Å²) in [5.41, 5.74) is 3.60. The summed E-state index contributed by atoms with van der Waals surface area (Å²) < 4.78 is 10.9. The highest BCUT2D eigenvalue weighted by molar-refractivity contribution is 6.33. The summed E-state index contributed by atoms with van der Waals surface area (Å²) >= 11 is 6.52. The van der Waals surface area contributed by atoms with Gasteiger partial charge in [-0.3, -0.25) is 9.59 Å². The third kappa shape index (κ3) is 5.31. The first-order chi connectivity index (χ1) is 15.9. The first-order valence-electron chi connectivity index (χ1n) is 10.8. The number of rotatable bonds is 6. The van der Waals surface area contributed by atoms with Crippen molar-refractivity contribution >= 4 is 34.8 Å². The lowest BCUT2D eigenvalue weighted by Crippen LogP contribution is -2.48. The monoisotopic (exact) mass is 467 g/mol. The quantitative estimate of drug-likeness (QED) is 0.576. The number of amides is 2. The highest BCUT2D eigenvalue weighted by Crippen LogP contribution is 2.30. The van der Waals surface area contributed by atoms with Crippen molar-refractivity contribution < 1.29 is 18.7 Å². The highest BCUT2D eigenvalue weighted by atomic mass is 35.5. The molecule has 1 aliphatic rings. The molecule has 0 spiro atoms. The molecule has 33 heavy (non-hydrogen) atoms. The standard InChI is InChI=1S/C25H26ClN3O4/c1-17-5-3-6-22(18(17)2)33-16-24(30)27-19-8-9-21(20(26)15-19)28-10-12-29(13-11-28)25(31)23-7-4-14-32-23/h3-9,14-15H,10-13,16H2,1-2H3,(H,27,30).